The maximum absolute atomic E-state index is 13.2. The van der Waals surface area contributed by atoms with E-state index >= 15 is 0 Å². The normalized spacial score (nSPS) is 21.1. The molecule has 146 valence electrons. The van der Waals surface area contributed by atoms with Gasteiger partial charge in [0.25, 0.3) is 5.91 Å². The number of aromatic nitrogens is 1. The molecule has 1 N–H and O–H groups in total. The number of urea groups is 1. The predicted molar refractivity (Wildman–Crippen MR) is 109 cm³/mol. The highest BCUT2D eigenvalue weighted by atomic mass is 79.9. The molecule has 2 aliphatic carbocycles. The molecule has 2 aromatic rings. The van der Waals surface area contributed by atoms with Gasteiger partial charge < -0.3 is 10.1 Å². The molecule has 2 saturated carbocycles. The second-order valence-corrected chi connectivity index (χ2v) is 9.50. The van der Waals surface area contributed by atoms with Gasteiger partial charge >= 0.3 is 6.03 Å². The van der Waals surface area contributed by atoms with E-state index in [4.69, 9.17) is 4.74 Å². The van der Waals surface area contributed by atoms with E-state index in [2.05, 4.69) is 26.2 Å². The minimum atomic E-state index is -0.649. The first kappa shape index (κ1) is 18.1. The van der Waals surface area contributed by atoms with Gasteiger partial charge in [0.05, 0.1) is 24.9 Å². The molecule has 3 aliphatic rings. The molecule has 3 amide bonds. The quantitative estimate of drug-likeness (QED) is 0.654. The Hall–Kier alpha value is -1.93. The molecule has 0 unspecified atom stereocenters. The number of hydrogen-bond donors (Lipinski definition) is 1. The van der Waals surface area contributed by atoms with E-state index in [0.717, 1.165) is 46.5 Å². The Kier molecular flexibility index (Phi) is 4.24. The van der Waals surface area contributed by atoms with Crippen LogP contribution in [0.3, 0.4) is 0 Å². The molecule has 0 bridgehead atoms. The highest BCUT2D eigenvalue weighted by Crippen LogP contribution is 2.54. The lowest BCUT2D eigenvalue weighted by atomic mass is 9.87. The van der Waals surface area contributed by atoms with Gasteiger partial charge in [0.15, 0.2) is 0 Å². The van der Waals surface area contributed by atoms with Crippen molar-refractivity contribution in [2.24, 2.45) is 11.8 Å². The van der Waals surface area contributed by atoms with Crippen LogP contribution in [0.5, 0.6) is 5.75 Å². The van der Waals surface area contributed by atoms with Crippen LogP contribution in [0.2, 0.25) is 0 Å². The zero-order valence-electron chi connectivity index (χ0n) is 15.4. The van der Waals surface area contributed by atoms with Crippen LogP contribution in [0.1, 0.15) is 31.4 Å². The maximum Gasteiger partial charge on any atom is 0.325 e. The predicted octanol–water partition coefficient (Wildman–Crippen LogP) is 4.19. The average molecular weight is 462 g/mol. The molecule has 5 rings (SSSR count). The Labute approximate surface area is 175 Å². The second kappa shape index (κ2) is 6.56. The lowest BCUT2D eigenvalue weighted by Gasteiger charge is -2.26. The fourth-order valence-electron chi connectivity index (χ4n) is 4.23. The summed E-state index contributed by atoms with van der Waals surface area (Å²) in [4.78, 5) is 31.9. The summed E-state index contributed by atoms with van der Waals surface area (Å²) >= 11 is 4.97. The van der Waals surface area contributed by atoms with Crippen LogP contribution in [-0.4, -0.2) is 34.5 Å². The molecule has 28 heavy (non-hydrogen) atoms. The van der Waals surface area contributed by atoms with Gasteiger partial charge in [-0.05, 0) is 55.7 Å². The van der Waals surface area contributed by atoms with Crippen LogP contribution >= 0.6 is 27.3 Å². The number of ether oxygens (including phenoxy) is 1. The van der Waals surface area contributed by atoms with Gasteiger partial charge in [-0.3, -0.25) is 9.69 Å². The minimum Gasteiger partial charge on any atom is -0.496 e. The molecule has 2 heterocycles. The smallest absolute Gasteiger partial charge is 0.325 e. The van der Waals surface area contributed by atoms with Gasteiger partial charge in [0.1, 0.15) is 16.3 Å². The van der Waals surface area contributed by atoms with Gasteiger partial charge in [0, 0.05) is 9.85 Å². The summed E-state index contributed by atoms with van der Waals surface area (Å²) in [5, 5.41) is 5.77. The van der Waals surface area contributed by atoms with E-state index in [1.807, 2.05) is 23.6 Å². The Morgan fingerprint density at radius 1 is 1.29 bits per heavy atom. The van der Waals surface area contributed by atoms with Crippen LogP contribution < -0.4 is 10.1 Å². The Balaban J connectivity index is 1.40. The van der Waals surface area contributed by atoms with Crippen LogP contribution in [0.25, 0.3) is 10.6 Å². The molecular weight excluding hydrogens is 442 g/mol. The first-order valence-electron chi connectivity index (χ1n) is 9.45. The molecule has 8 heteroatoms. The lowest BCUT2D eigenvalue weighted by Crippen LogP contribution is -2.51. The molecule has 0 atom stereocenters. The highest BCUT2D eigenvalue weighted by molar-refractivity contribution is 9.10. The van der Waals surface area contributed by atoms with E-state index in [-0.39, 0.29) is 18.5 Å². The lowest BCUT2D eigenvalue weighted by molar-refractivity contribution is -0.133. The monoisotopic (exact) mass is 461 g/mol. The summed E-state index contributed by atoms with van der Waals surface area (Å²) in [6.45, 7) is 0.207. The van der Waals surface area contributed by atoms with Gasteiger partial charge in [-0.1, -0.05) is 15.9 Å². The molecule has 3 fully saturated rings. The zero-order chi connectivity index (χ0) is 19.5. The molecule has 1 aliphatic heterocycles. The summed E-state index contributed by atoms with van der Waals surface area (Å²) in [5.41, 5.74) is 0.951. The number of hydrogen-bond acceptors (Lipinski definition) is 5. The van der Waals surface area contributed by atoms with E-state index in [1.165, 1.54) is 16.2 Å². The van der Waals surface area contributed by atoms with Crippen molar-refractivity contribution < 1.29 is 14.3 Å². The molecule has 6 nitrogen and oxygen atoms in total. The summed E-state index contributed by atoms with van der Waals surface area (Å²) in [6.07, 6.45) is 4.11. The first-order valence-corrected chi connectivity index (χ1v) is 11.1. The number of thiazole rings is 1. The third-order valence-corrected chi connectivity index (χ3v) is 7.28. The minimum absolute atomic E-state index is 0.0583. The Bertz CT molecular complexity index is 955. The van der Waals surface area contributed by atoms with E-state index in [9.17, 15) is 9.59 Å². The number of benzene rings is 1. The van der Waals surface area contributed by atoms with Gasteiger partial charge in [-0.25, -0.2) is 9.78 Å². The molecule has 1 saturated heterocycles. The van der Waals surface area contributed by atoms with Crippen molar-refractivity contribution >= 4 is 39.2 Å². The van der Waals surface area contributed by atoms with Crippen LogP contribution in [-0.2, 0) is 11.3 Å². The van der Waals surface area contributed by atoms with Gasteiger partial charge in [0.2, 0.25) is 0 Å². The molecule has 0 spiro atoms. The molecule has 1 aromatic carbocycles. The third-order valence-electron chi connectivity index (χ3n) is 5.86. The SMILES string of the molecule is COc1ccc(Br)cc1-c1nc(CN2C(=O)NC(C3CC3)(C3CC3)C2=O)cs1. The summed E-state index contributed by atoms with van der Waals surface area (Å²) < 4.78 is 6.38. The summed E-state index contributed by atoms with van der Waals surface area (Å²) in [7, 11) is 1.63. The van der Waals surface area contributed by atoms with Crippen molar-refractivity contribution in [3.05, 3.63) is 33.7 Å². The van der Waals surface area contributed by atoms with Crippen molar-refractivity contribution in [2.75, 3.05) is 7.11 Å². The fraction of sp³-hybridized carbons (Fsp3) is 0.450. The Morgan fingerprint density at radius 3 is 2.64 bits per heavy atom. The van der Waals surface area contributed by atoms with Crippen molar-refractivity contribution in [1.29, 1.82) is 0 Å². The van der Waals surface area contributed by atoms with Crippen LogP contribution in [0, 0.1) is 11.8 Å². The van der Waals surface area contributed by atoms with E-state index in [1.54, 1.807) is 7.11 Å². The number of rotatable bonds is 6. The van der Waals surface area contributed by atoms with Crippen molar-refractivity contribution in [2.45, 2.75) is 37.8 Å². The number of carbonyl (C=O) groups is 2. The zero-order valence-corrected chi connectivity index (χ0v) is 17.8. The second-order valence-electron chi connectivity index (χ2n) is 7.73. The molecule has 0 radical (unpaired) electrons. The van der Waals surface area contributed by atoms with Crippen molar-refractivity contribution in [3.63, 3.8) is 0 Å². The van der Waals surface area contributed by atoms with Crippen molar-refractivity contribution in [1.82, 2.24) is 15.2 Å². The van der Waals surface area contributed by atoms with E-state index in [0.29, 0.717) is 17.5 Å². The number of carbonyl (C=O) groups excluding carboxylic acids is 2. The standard InChI is InChI=1S/C20H20BrN3O3S/c1-27-16-7-6-13(21)8-15(16)17-22-14(10-28-17)9-24-18(25)20(11-2-3-11,12-4-5-12)23-19(24)26/h6-8,10-12H,2-5,9H2,1H3,(H,23,26). The van der Waals surface area contributed by atoms with Crippen LogP contribution in [0.4, 0.5) is 4.79 Å². The number of imide groups is 1. The number of halogens is 1. The Morgan fingerprint density at radius 2 is 2.00 bits per heavy atom. The number of methoxy groups -OCH3 is 1. The number of nitrogens with one attached hydrogen (secondary N) is 1. The topological polar surface area (TPSA) is 71.5 Å². The fourth-order valence-corrected chi connectivity index (χ4v) is 5.43. The van der Waals surface area contributed by atoms with Crippen LogP contribution in [0.15, 0.2) is 28.1 Å². The first-order chi connectivity index (χ1) is 13.5. The molecular formula is C20H20BrN3O3S. The number of nitrogens with zero attached hydrogens (tertiary/aromatic N) is 2. The van der Waals surface area contributed by atoms with Gasteiger partial charge in [-0.15, -0.1) is 11.3 Å². The highest BCUT2D eigenvalue weighted by Gasteiger charge is 2.65. The number of amides is 3. The van der Waals surface area contributed by atoms with E-state index < -0.39 is 5.54 Å². The third kappa shape index (κ3) is 2.85. The maximum atomic E-state index is 13.2. The van der Waals surface area contributed by atoms with Gasteiger partial charge in [-0.2, -0.15) is 0 Å². The average Bonchev–Trinajstić information content (AvgIpc) is 3.61. The largest absolute Gasteiger partial charge is 0.496 e. The summed E-state index contributed by atoms with van der Waals surface area (Å²) in [5.74, 6) is 1.29. The summed E-state index contributed by atoms with van der Waals surface area (Å²) in [6, 6.07) is 5.48. The molecule has 1 aromatic heterocycles. The van der Waals surface area contributed by atoms with Crippen molar-refractivity contribution in [3.8, 4) is 16.3 Å².